The summed E-state index contributed by atoms with van der Waals surface area (Å²) in [5, 5.41) is 33.2. The first kappa shape index (κ1) is 14.6. The van der Waals surface area contributed by atoms with E-state index in [2.05, 4.69) is 10.6 Å². The molecular weight excluding hydrogens is 224 g/mol. The van der Waals surface area contributed by atoms with E-state index in [0.717, 1.165) is 0 Å². The topological polar surface area (TPSA) is 102 Å². The third kappa shape index (κ3) is 3.58. The summed E-state index contributed by atoms with van der Waals surface area (Å²) in [5.74, 6) is -0.259. The van der Waals surface area contributed by atoms with Crippen molar-refractivity contribution >= 4 is 18.3 Å². The second kappa shape index (κ2) is 6.24. The van der Waals surface area contributed by atoms with E-state index >= 15 is 0 Å². The van der Waals surface area contributed by atoms with Crippen molar-refractivity contribution in [2.45, 2.75) is 31.2 Å². The van der Waals surface area contributed by atoms with Crippen LogP contribution in [0.15, 0.2) is 0 Å². The SMILES string of the molecule is CC(=O)N[C@H]1CN[C@H](CO)[C@@H](O)[C@@H]1O.Cl. The highest BCUT2D eigenvalue weighted by Gasteiger charge is 2.36. The Morgan fingerprint density at radius 3 is 2.53 bits per heavy atom. The molecule has 1 fully saturated rings. The van der Waals surface area contributed by atoms with Gasteiger partial charge in [-0.15, -0.1) is 12.4 Å². The summed E-state index contributed by atoms with van der Waals surface area (Å²) in [6.07, 6.45) is -2.11. The third-order valence-electron chi connectivity index (χ3n) is 2.36. The summed E-state index contributed by atoms with van der Waals surface area (Å²) < 4.78 is 0. The molecular formula is C8H17ClN2O4. The molecule has 0 unspecified atom stereocenters. The molecule has 5 N–H and O–H groups in total. The summed E-state index contributed by atoms with van der Waals surface area (Å²) in [6, 6.07) is -1.04. The van der Waals surface area contributed by atoms with E-state index in [0.29, 0.717) is 6.54 Å². The normalized spacial score (nSPS) is 35.5. The Bertz CT molecular complexity index is 217. The van der Waals surface area contributed by atoms with E-state index in [1.165, 1.54) is 6.92 Å². The van der Waals surface area contributed by atoms with E-state index in [-0.39, 0.29) is 24.9 Å². The first-order valence-electron chi connectivity index (χ1n) is 4.53. The molecule has 1 rings (SSSR count). The molecule has 1 aliphatic heterocycles. The molecule has 7 heteroatoms. The van der Waals surface area contributed by atoms with Gasteiger partial charge in [0.25, 0.3) is 0 Å². The van der Waals surface area contributed by atoms with Gasteiger partial charge in [-0.05, 0) is 0 Å². The maximum absolute atomic E-state index is 10.7. The zero-order chi connectivity index (χ0) is 10.7. The van der Waals surface area contributed by atoms with Gasteiger partial charge in [0, 0.05) is 13.5 Å². The highest BCUT2D eigenvalue weighted by molar-refractivity contribution is 5.85. The molecule has 0 saturated carbocycles. The van der Waals surface area contributed by atoms with Crippen molar-refractivity contribution in [1.29, 1.82) is 0 Å². The lowest BCUT2D eigenvalue weighted by molar-refractivity contribution is -0.122. The smallest absolute Gasteiger partial charge is 0.217 e. The van der Waals surface area contributed by atoms with Crippen molar-refractivity contribution in [3.05, 3.63) is 0 Å². The number of carbonyl (C=O) groups is 1. The Morgan fingerprint density at radius 1 is 1.47 bits per heavy atom. The number of amides is 1. The molecule has 0 aromatic rings. The Balaban J connectivity index is 0.00000196. The lowest BCUT2D eigenvalue weighted by atomic mass is 9.94. The van der Waals surface area contributed by atoms with Crippen molar-refractivity contribution in [1.82, 2.24) is 10.6 Å². The predicted molar refractivity (Wildman–Crippen MR) is 55.7 cm³/mol. The van der Waals surface area contributed by atoms with Gasteiger partial charge in [0.05, 0.1) is 24.8 Å². The van der Waals surface area contributed by atoms with Crippen LogP contribution in [0.2, 0.25) is 0 Å². The third-order valence-corrected chi connectivity index (χ3v) is 2.36. The van der Waals surface area contributed by atoms with Crippen LogP contribution in [0.5, 0.6) is 0 Å². The lowest BCUT2D eigenvalue weighted by Gasteiger charge is -2.37. The van der Waals surface area contributed by atoms with Gasteiger partial charge < -0.3 is 26.0 Å². The Morgan fingerprint density at radius 2 is 2.07 bits per heavy atom. The van der Waals surface area contributed by atoms with Crippen molar-refractivity contribution in [3.8, 4) is 0 Å². The van der Waals surface area contributed by atoms with Crippen LogP contribution >= 0.6 is 12.4 Å². The molecule has 1 heterocycles. The first-order valence-corrected chi connectivity index (χ1v) is 4.53. The van der Waals surface area contributed by atoms with Gasteiger partial charge in [-0.1, -0.05) is 0 Å². The minimum Gasteiger partial charge on any atom is -0.395 e. The number of nitrogens with one attached hydrogen (secondary N) is 2. The van der Waals surface area contributed by atoms with Gasteiger partial charge in [-0.3, -0.25) is 4.79 Å². The van der Waals surface area contributed by atoms with Crippen LogP contribution in [0, 0.1) is 0 Å². The van der Waals surface area contributed by atoms with Gasteiger partial charge in [-0.2, -0.15) is 0 Å². The second-order valence-corrected chi connectivity index (χ2v) is 3.49. The molecule has 1 amide bonds. The maximum atomic E-state index is 10.7. The molecule has 0 radical (unpaired) electrons. The standard InChI is InChI=1S/C8H16N2O4.ClH/c1-4(12)10-5-2-9-6(3-11)8(14)7(5)13;/h5-9,11,13-14H,2-3H2,1H3,(H,10,12);1H/t5-,6+,7+,8+;/m0./s1. The van der Waals surface area contributed by atoms with Crippen LogP contribution in [0.25, 0.3) is 0 Å². The van der Waals surface area contributed by atoms with E-state index in [4.69, 9.17) is 5.11 Å². The van der Waals surface area contributed by atoms with Crippen LogP contribution in [0.3, 0.4) is 0 Å². The monoisotopic (exact) mass is 240 g/mol. The summed E-state index contributed by atoms with van der Waals surface area (Å²) >= 11 is 0. The van der Waals surface area contributed by atoms with Crippen LogP contribution in [-0.2, 0) is 4.79 Å². The fourth-order valence-corrected chi connectivity index (χ4v) is 1.57. The van der Waals surface area contributed by atoms with Crippen LogP contribution in [0.4, 0.5) is 0 Å². The number of hydrogen-bond acceptors (Lipinski definition) is 5. The van der Waals surface area contributed by atoms with Gasteiger partial charge in [0.2, 0.25) is 5.91 Å². The highest BCUT2D eigenvalue weighted by atomic mass is 35.5. The minimum atomic E-state index is -1.06. The molecule has 0 aliphatic carbocycles. The maximum Gasteiger partial charge on any atom is 0.217 e. The van der Waals surface area contributed by atoms with Crippen LogP contribution < -0.4 is 10.6 Å². The fraction of sp³-hybridized carbons (Fsp3) is 0.875. The van der Waals surface area contributed by atoms with Crippen molar-refractivity contribution in [3.63, 3.8) is 0 Å². The number of hydrogen-bond donors (Lipinski definition) is 5. The molecule has 1 aliphatic rings. The average molecular weight is 241 g/mol. The number of piperidine rings is 1. The van der Waals surface area contributed by atoms with Gasteiger partial charge in [0.15, 0.2) is 0 Å². The lowest BCUT2D eigenvalue weighted by Crippen LogP contribution is -2.65. The highest BCUT2D eigenvalue weighted by Crippen LogP contribution is 2.10. The van der Waals surface area contributed by atoms with Gasteiger partial charge in [0.1, 0.15) is 6.10 Å². The number of aliphatic hydroxyl groups is 3. The summed E-state index contributed by atoms with van der Waals surface area (Å²) in [6.45, 7) is 1.44. The van der Waals surface area contributed by atoms with Crippen molar-refractivity contribution in [2.75, 3.05) is 13.2 Å². The number of rotatable bonds is 2. The van der Waals surface area contributed by atoms with Crippen LogP contribution in [0.1, 0.15) is 6.92 Å². The number of aliphatic hydroxyl groups excluding tert-OH is 3. The molecule has 0 aromatic carbocycles. The molecule has 4 atom stereocenters. The molecule has 1 saturated heterocycles. The minimum absolute atomic E-state index is 0. The second-order valence-electron chi connectivity index (χ2n) is 3.49. The Kier molecular flexibility index (Phi) is 6.07. The van der Waals surface area contributed by atoms with Gasteiger partial charge >= 0.3 is 0 Å². The average Bonchev–Trinajstić information content (AvgIpc) is 2.13. The number of halogens is 1. The Hall–Kier alpha value is -0.400. The summed E-state index contributed by atoms with van der Waals surface area (Å²) in [5.41, 5.74) is 0. The fourth-order valence-electron chi connectivity index (χ4n) is 1.57. The number of carbonyl (C=O) groups excluding carboxylic acids is 1. The zero-order valence-corrected chi connectivity index (χ0v) is 9.20. The van der Waals surface area contributed by atoms with E-state index in [1.54, 1.807) is 0 Å². The molecule has 0 spiro atoms. The molecule has 90 valence electrons. The van der Waals surface area contributed by atoms with Crippen molar-refractivity contribution in [2.24, 2.45) is 0 Å². The quantitative estimate of drug-likeness (QED) is 0.370. The summed E-state index contributed by atoms with van der Waals surface area (Å²) in [7, 11) is 0. The van der Waals surface area contributed by atoms with E-state index in [9.17, 15) is 15.0 Å². The zero-order valence-electron chi connectivity index (χ0n) is 8.38. The largest absolute Gasteiger partial charge is 0.395 e. The Labute approximate surface area is 94.1 Å². The van der Waals surface area contributed by atoms with Crippen LogP contribution in [-0.4, -0.2) is 58.7 Å². The van der Waals surface area contributed by atoms with Crippen molar-refractivity contribution < 1.29 is 20.1 Å². The van der Waals surface area contributed by atoms with E-state index < -0.39 is 24.3 Å². The molecule has 6 nitrogen and oxygen atoms in total. The molecule has 15 heavy (non-hydrogen) atoms. The first-order chi connectivity index (χ1) is 6.56. The van der Waals surface area contributed by atoms with E-state index in [1.807, 2.05) is 0 Å². The molecule has 0 bridgehead atoms. The predicted octanol–water partition coefficient (Wildman–Crippen LogP) is -2.40. The summed E-state index contributed by atoms with van der Waals surface area (Å²) in [4.78, 5) is 10.7. The van der Waals surface area contributed by atoms with Gasteiger partial charge in [-0.25, -0.2) is 0 Å². The molecule has 0 aromatic heterocycles.